The first-order valence-electron chi connectivity index (χ1n) is 4.32. The van der Waals surface area contributed by atoms with Crippen LogP contribution in [-0.2, 0) is 4.79 Å². The van der Waals surface area contributed by atoms with Gasteiger partial charge in [-0.3, -0.25) is 4.79 Å². The monoisotopic (exact) mass is 339 g/mol. The number of rotatable bonds is 4. The zero-order valence-corrected chi connectivity index (χ0v) is 11.0. The zero-order chi connectivity index (χ0) is 11.4. The molecule has 1 heterocycles. The van der Waals surface area contributed by atoms with Crippen LogP contribution in [0.25, 0.3) is 0 Å². The lowest BCUT2D eigenvalue weighted by atomic mass is 10.2. The molecule has 15 heavy (non-hydrogen) atoms. The van der Waals surface area contributed by atoms with Crippen LogP contribution in [0.15, 0.2) is 11.4 Å². The van der Waals surface area contributed by atoms with Gasteiger partial charge in [0.05, 0.1) is 8.45 Å². The average Bonchev–Trinajstić information content (AvgIpc) is 2.60. The van der Waals surface area contributed by atoms with Gasteiger partial charge in [0.2, 0.25) is 0 Å². The normalized spacial score (nSPS) is 12.1. The number of carboxylic acid groups (broad SMARTS) is 1. The maximum Gasteiger partial charge on any atom is 0.326 e. The minimum atomic E-state index is -1.00. The third-order valence-corrected chi connectivity index (χ3v) is 3.63. The third kappa shape index (κ3) is 3.45. The van der Waals surface area contributed by atoms with Crippen LogP contribution in [0.2, 0.25) is 0 Å². The third-order valence-electron chi connectivity index (χ3n) is 1.84. The summed E-state index contributed by atoms with van der Waals surface area (Å²) in [6, 6.07) is 0.921. The minimum Gasteiger partial charge on any atom is -0.480 e. The number of aliphatic carboxylic acids is 1. The number of carbonyl (C=O) groups is 2. The quantitative estimate of drug-likeness (QED) is 0.824. The van der Waals surface area contributed by atoms with E-state index in [2.05, 4.69) is 27.9 Å². The van der Waals surface area contributed by atoms with Crippen LogP contribution in [0.1, 0.15) is 23.7 Å². The molecule has 0 spiro atoms. The molecule has 1 aromatic rings. The summed E-state index contributed by atoms with van der Waals surface area (Å²) < 4.78 is 1.00. The highest BCUT2D eigenvalue weighted by atomic mass is 127. The summed E-state index contributed by atoms with van der Waals surface area (Å²) in [4.78, 5) is 22.2. The number of amides is 1. The molecule has 6 heteroatoms. The molecule has 0 radical (unpaired) electrons. The molecule has 1 rings (SSSR count). The Morgan fingerprint density at radius 1 is 1.67 bits per heavy atom. The van der Waals surface area contributed by atoms with E-state index >= 15 is 0 Å². The zero-order valence-electron chi connectivity index (χ0n) is 7.99. The fourth-order valence-corrected chi connectivity index (χ4v) is 2.34. The van der Waals surface area contributed by atoms with Gasteiger partial charge in [0, 0.05) is 5.38 Å². The molecule has 0 aliphatic carbocycles. The van der Waals surface area contributed by atoms with Crippen molar-refractivity contribution in [1.29, 1.82) is 0 Å². The Balaban J connectivity index is 2.66. The number of thiophene rings is 1. The number of nitrogens with one attached hydrogen (secondary N) is 1. The van der Waals surface area contributed by atoms with Crippen molar-refractivity contribution in [3.63, 3.8) is 0 Å². The van der Waals surface area contributed by atoms with Gasteiger partial charge in [-0.1, -0.05) is 6.92 Å². The smallest absolute Gasteiger partial charge is 0.326 e. The van der Waals surface area contributed by atoms with Crippen molar-refractivity contribution in [2.45, 2.75) is 19.4 Å². The average molecular weight is 339 g/mol. The lowest BCUT2D eigenvalue weighted by molar-refractivity contribution is -0.139. The van der Waals surface area contributed by atoms with Gasteiger partial charge in [-0.2, -0.15) is 0 Å². The van der Waals surface area contributed by atoms with Gasteiger partial charge in [-0.15, -0.1) is 11.3 Å². The second-order valence-electron chi connectivity index (χ2n) is 2.91. The lowest BCUT2D eigenvalue weighted by Gasteiger charge is -2.10. The molecule has 0 unspecified atom stereocenters. The van der Waals surface area contributed by atoms with Crippen molar-refractivity contribution in [1.82, 2.24) is 5.32 Å². The van der Waals surface area contributed by atoms with Crippen LogP contribution in [0.4, 0.5) is 0 Å². The summed E-state index contributed by atoms with van der Waals surface area (Å²) in [5.74, 6) is -1.33. The van der Waals surface area contributed by atoms with E-state index < -0.39 is 12.0 Å². The largest absolute Gasteiger partial charge is 0.480 e. The Morgan fingerprint density at radius 3 is 2.73 bits per heavy atom. The van der Waals surface area contributed by atoms with Gasteiger partial charge in [-0.25, -0.2) is 4.79 Å². The fraction of sp³-hybridized carbons (Fsp3) is 0.333. The molecular formula is C9H10INO3S. The van der Waals surface area contributed by atoms with Crippen molar-refractivity contribution in [2.75, 3.05) is 0 Å². The number of hydrogen-bond acceptors (Lipinski definition) is 3. The molecule has 1 amide bonds. The predicted molar refractivity (Wildman–Crippen MR) is 66.2 cm³/mol. The Kier molecular flexibility index (Phi) is 4.52. The molecule has 0 saturated heterocycles. The molecule has 2 N–H and O–H groups in total. The highest BCUT2D eigenvalue weighted by molar-refractivity contribution is 14.1. The molecule has 0 aliphatic rings. The predicted octanol–water partition coefficient (Wildman–Crippen LogP) is 1.95. The van der Waals surface area contributed by atoms with Crippen molar-refractivity contribution in [2.24, 2.45) is 0 Å². The Hall–Kier alpha value is -0.630. The second-order valence-corrected chi connectivity index (χ2v) is 5.72. The fourth-order valence-electron chi connectivity index (χ4n) is 1.01. The standard InChI is InChI=1S/C9H10INO3S/c1-2-6(9(13)14)11-8(12)5-3-7(10)15-4-5/h3-4,6H,2H2,1H3,(H,11,12)(H,13,14)/t6-/m0/s1. The van der Waals surface area contributed by atoms with Crippen LogP contribution in [0.5, 0.6) is 0 Å². The Morgan fingerprint density at radius 2 is 2.33 bits per heavy atom. The van der Waals surface area contributed by atoms with Gasteiger partial charge in [0.15, 0.2) is 0 Å². The van der Waals surface area contributed by atoms with Crippen LogP contribution >= 0.6 is 33.9 Å². The maximum absolute atomic E-state index is 11.6. The van der Waals surface area contributed by atoms with Crippen LogP contribution in [0.3, 0.4) is 0 Å². The van der Waals surface area contributed by atoms with Crippen LogP contribution in [0, 0.1) is 2.88 Å². The van der Waals surface area contributed by atoms with E-state index in [4.69, 9.17) is 5.11 Å². The number of carbonyl (C=O) groups excluding carboxylic acids is 1. The van der Waals surface area contributed by atoms with Gasteiger partial charge < -0.3 is 10.4 Å². The van der Waals surface area contributed by atoms with E-state index in [-0.39, 0.29) is 5.91 Å². The number of halogens is 1. The summed E-state index contributed by atoms with van der Waals surface area (Å²) in [5, 5.41) is 12.9. The van der Waals surface area contributed by atoms with Crippen LogP contribution < -0.4 is 5.32 Å². The molecule has 82 valence electrons. The van der Waals surface area contributed by atoms with Gasteiger partial charge in [-0.05, 0) is 35.1 Å². The first-order valence-corrected chi connectivity index (χ1v) is 6.28. The van der Waals surface area contributed by atoms with E-state index in [9.17, 15) is 9.59 Å². The lowest BCUT2D eigenvalue weighted by Crippen LogP contribution is -2.40. The molecule has 0 aliphatic heterocycles. The molecular weight excluding hydrogens is 329 g/mol. The summed E-state index contributed by atoms with van der Waals surface area (Å²) in [7, 11) is 0. The summed E-state index contributed by atoms with van der Waals surface area (Å²) in [6.07, 6.45) is 0.377. The highest BCUT2D eigenvalue weighted by Crippen LogP contribution is 2.16. The Labute approximate surface area is 105 Å². The van der Waals surface area contributed by atoms with Gasteiger partial charge >= 0.3 is 5.97 Å². The summed E-state index contributed by atoms with van der Waals surface area (Å²) in [5.41, 5.74) is 0.518. The molecule has 0 bridgehead atoms. The van der Waals surface area contributed by atoms with Crippen LogP contribution in [-0.4, -0.2) is 23.0 Å². The van der Waals surface area contributed by atoms with Gasteiger partial charge in [0.1, 0.15) is 6.04 Å². The molecule has 0 fully saturated rings. The first kappa shape index (κ1) is 12.4. The highest BCUT2D eigenvalue weighted by Gasteiger charge is 2.18. The van der Waals surface area contributed by atoms with Gasteiger partial charge in [0.25, 0.3) is 5.91 Å². The summed E-state index contributed by atoms with van der Waals surface area (Å²) >= 11 is 3.57. The second kappa shape index (κ2) is 5.45. The maximum atomic E-state index is 11.6. The molecule has 0 aromatic carbocycles. The summed E-state index contributed by atoms with van der Waals surface area (Å²) in [6.45, 7) is 1.72. The minimum absolute atomic E-state index is 0.330. The van der Waals surface area contributed by atoms with Crippen molar-refractivity contribution in [3.8, 4) is 0 Å². The SMILES string of the molecule is CC[C@H](NC(=O)c1csc(I)c1)C(=O)O. The topological polar surface area (TPSA) is 66.4 Å². The van der Waals surface area contributed by atoms with E-state index in [0.717, 1.165) is 2.88 Å². The molecule has 1 aromatic heterocycles. The Bertz CT molecular complexity index is 377. The molecule has 4 nitrogen and oxygen atoms in total. The van der Waals surface area contributed by atoms with Crippen molar-refractivity contribution >= 4 is 45.8 Å². The first-order chi connectivity index (χ1) is 7.04. The molecule has 0 saturated carbocycles. The van der Waals surface area contributed by atoms with Crippen molar-refractivity contribution < 1.29 is 14.7 Å². The van der Waals surface area contributed by atoms with E-state index in [0.29, 0.717) is 12.0 Å². The van der Waals surface area contributed by atoms with E-state index in [1.54, 1.807) is 18.4 Å². The van der Waals surface area contributed by atoms with E-state index in [1.807, 2.05) is 0 Å². The molecule has 1 atom stereocenters. The number of hydrogen-bond donors (Lipinski definition) is 2. The van der Waals surface area contributed by atoms with E-state index in [1.165, 1.54) is 11.3 Å². The number of carboxylic acids is 1. The van der Waals surface area contributed by atoms with Crippen molar-refractivity contribution in [3.05, 3.63) is 19.9 Å².